The van der Waals surface area contributed by atoms with E-state index in [0.717, 1.165) is 0 Å². The molecule has 7 heteroatoms. The van der Waals surface area contributed by atoms with E-state index in [1.165, 1.54) is 10.7 Å². The summed E-state index contributed by atoms with van der Waals surface area (Å²) in [5.41, 5.74) is 1.86. The number of nitrogens with zero attached hydrogens (tertiary/aromatic N) is 4. The van der Waals surface area contributed by atoms with Gasteiger partial charge in [-0.3, -0.25) is 0 Å². The highest BCUT2D eigenvalue weighted by Crippen LogP contribution is 2.17. The summed E-state index contributed by atoms with van der Waals surface area (Å²) in [5.74, 6) is -0.316. The molecule has 0 saturated carbocycles. The average molecular weight is 258 g/mol. The molecule has 0 atom stereocenters. The van der Waals surface area contributed by atoms with Gasteiger partial charge < -0.3 is 9.63 Å². The van der Waals surface area contributed by atoms with Gasteiger partial charge in [0.05, 0.1) is 12.1 Å². The summed E-state index contributed by atoms with van der Waals surface area (Å²) in [4.78, 5) is 11.2. The van der Waals surface area contributed by atoms with E-state index in [4.69, 9.17) is 4.52 Å². The highest BCUT2D eigenvalue weighted by molar-refractivity contribution is 6.00. The molecule has 19 heavy (non-hydrogen) atoms. The topological polar surface area (TPSA) is 94.0 Å². The maximum absolute atomic E-state index is 11.2. The number of aromatic nitrogens is 4. The van der Waals surface area contributed by atoms with Gasteiger partial charge in [0.2, 0.25) is 0 Å². The number of carboxylic acid groups (broad SMARTS) is 1. The lowest BCUT2D eigenvalue weighted by atomic mass is 10.2. The fourth-order valence-corrected chi connectivity index (χ4v) is 1.96. The lowest BCUT2D eigenvalue weighted by Gasteiger charge is -2.01. The Morgan fingerprint density at radius 2 is 2.32 bits per heavy atom. The molecule has 0 saturated heterocycles. The molecule has 1 aromatic carbocycles. The first-order valence-corrected chi connectivity index (χ1v) is 5.63. The average Bonchev–Trinajstić information content (AvgIpc) is 2.97. The van der Waals surface area contributed by atoms with E-state index in [1.807, 2.05) is 0 Å². The van der Waals surface area contributed by atoms with Crippen LogP contribution < -0.4 is 0 Å². The third-order valence-corrected chi connectivity index (χ3v) is 2.75. The zero-order valence-electron chi connectivity index (χ0n) is 10.1. The monoisotopic (exact) mass is 258 g/mol. The molecule has 3 rings (SSSR count). The molecule has 7 nitrogen and oxygen atoms in total. The van der Waals surface area contributed by atoms with E-state index in [1.54, 1.807) is 25.1 Å². The van der Waals surface area contributed by atoms with Crippen LogP contribution in [-0.2, 0) is 6.54 Å². The Kier molecular flexibility index (Phi) is 2.52. The van der Waals surface area contributed by atoms with Crippen molar-refractivity contribution in [2.24, 2.45) is 0 Å². The quantitative estimate of drug-likeness (QED) is 0.764. The van der Waals surface area contributed by atoms with Crippen LogP contribution in [0.25, 0.3) is 11.0 Å². The largest absolute Gasteiger partial charge is 0.478 e. The van der Waals surface area contributed by atoms with Crippen LogP contribution in [-0.4, -0.2) is 31.2 Å². The van der Waals surface area contributed by atoms with Crippen molar-refractivity contribution in [3.05, 3.63) is 41.3 Å². The Morgan fingerprint density at radius 1 is 1.47 bits per heavy atom. The standard InChI is InChI=1S/C12H10N4O3/c1-7-5-8(14-19-7)6-16-11-9(12(17)18)3-2-4-10(11)13-15-16/h2-5H,6H2,1H3,(H,17,18). The van der Waals surface area contributed by atoms with E-state index in [2.05, 4.69) is 15.5 Å². The number of benzene rings is 1. The maximum atomic E-state index is 11.2. The van der Waals surface area contributed by atoms with Gasteiger partial charge in [0.25, 0.3) is 0 Å². The van der Waals surface area contributed by atoms with Crippen molar-refractivity contribution in [1.29, 1.82) is 0 Å². The molecule has 0 amide bonds. The molecule has 2 aromatic heterocycles. The number of hydrogen-bond donors (Lipinski definition) is 1. The second-order valence-corrected chi connectivity index (χ2v) is 4.15. The molecule has 0 bridgehead atoms. The molecule has 96 valence electrons. The SMILES string of the molecule is Cc1cc(Cn2nnc3cccc(C(=O)O)c32)no1. The Hall–Kier alpha value is -2.70. The fraction of sp³-hybridized carbons (Fsp3) is 0.167. The summed E-state index contributed by atoms with van der Waals surface area (Å²) in [6, 6.07) is 6.67. The second kappa shape index (κ2) is 4.20. The van der Waals surface area contributed by atoms with E-state index in [0.29, 0.717) is 29.0 Å². The van der Waals surface area contributed by atoms with E-state index < -0.39 is 5.97 Å². The first-order valence-electron chi connectivity index (χ1n) is 5.63. The van der Waals surface area contributed by atoms with Gasteiger partial charge in [-0.2, -0.15) is 0 Å². The van der Waals surface area contributed by atoms with Crippen molar-refractivity contribution in [3.8, 4) is 0 Å². The molecule has 3 aromatic rings. The normalized spacial score (nSPS) is 11.0. The summed E-state index contributed by atoms with van der Waals surface area (Å²) < 4.78 is 6.49. The molecule has 0 radical (unpaired) electrons. The molecular formula is C12H10N4O3. The van der Waals surface area contributed by atoms with Crippen LogP contribution in [0.15, 0.2) is 28.8 Å². The van der Waals surface area contributed by atoms with Crippen LogP contribution in [0.2, 0.25) is 0 Å². The number of aromatic carboxylic acids is 1. The van der Waals surface area contributed by atoms with Crippen LogP contribution in [0.5, 0.6) is 0 Å². The van der Waals surface area contributed by atoms with Crippen molar-refractivity contribution < 1.29 is 14.4 Å². The van der Waals surface area contributed by atoms with Crippen LogP contribution in [0.3, 0.4) is 0 Å². The van der Waals surface area contributed by atoms with E-state index >= 15 is 0 Å². The summed E-state index contributed by atoms with van der Waals surface area (Å²) in [6.07, 6.45) is 0. The van der Waals surface area contributed by atoms with Crippen molar-refractivity contribution in [3.63, 3.8) is 0 Å². The number of carbonyl (C=O) groups is 1. The minimum absolute atomic E-state index is 0.169. The van der Waals surface area contributed by atoms with Gasteiger partial charge in [0, 0.05) is 6.07 Å². The van der Waals surface area contributed by atoms with Gasteiger partial charge in [-0.1, -0.05) is 16.4 Å². The number of carboxylic acids is 1. The van der Waals surface area contributed by atoms with Gasteiger partial charge in [-0.15, -0.1) is 5.10 Å². The maximum Gasteiger partial charge on any atom is 0.337 e. The minimum Gasteiger partial charge on any atom is -0.478 e. The van der Waals surface area contributed by atoms with Crippen molar-refractivity contribution in [2.75, 3.05) is 0 Å². The Balaban J connectivity index is 2.11. The van der Waals surface area contributed by atoms with Crippen LogP contribution in [0, 0.1) is 6.92 Å². The first-order chi connectivity index (χ1) is 9.15. The third-order valence-electron chi connectivity index (χ3n) is 2.75. The molecule has 0 fully saturated rings. The van der Waals surface area contributed by atoms with Gasteiger partial charge in [-0.05, 0) is 19.1 Å². The zero-order valence-corrected chi connectivity index (χ0v) is 10.1. The molecule has 0 aliphatic rings. The number of fused-ring (bicyclic) bond motifs is 1. The molecule has 0 unspecified atom stereocenters. The lowest BCUT2D eigenvalue weighted by molar-refractivity contribution is 0.0698. The Labute approximate surface area is 107 Å². The predicted molar refractivity (Wildman–Crippen MR) is 64.8 cm³/mol. The number of aryl methyl sites for hydroxylation is 1. The van der Waals surface area contributed by atoms with Crippen molar-refractivity contribution in [1.82, 2.24) is 20.2 Å². The smallest absolute Gasteiger partial charge is 0.337 e. The number of hydrogen-bond acceptors (Lipinski definition) is 5. The van der Waals surface area contributed by atoms with Gasteiger partial charge in [0.1, 0.15) is 22.5 Å². The summed E-state index contributed by atoms with van der Waals surface area (Å²) >= 11 is 0. The predicted octanol–water partition coefficient (Wildman–Crippen LogP) is 1.47. The minimum atomic E-state index is -1.01. The highest BCUT2D eigenvalue weighted by atomic mass is 16.5. The second-order valence-electron chi connectivity index (χ2n) is 4.15. The van der Waals surface area contributed by atoms with E-state index in [9.17, 15) is 9.90 Å². The molecule has 1 N–H and O–H groups in total. The third kappa shape index (κ3) is 1.95. The van der Waals surface area contributed by atoms with Crippen LogP contribution >= 0.6 is 0 Å². The van der Waals surface area contributed by atoms with Gasteiger partial charge >= 0.3 is 5.97 Å². The van der Waals surface area contributed by atoms with Crippen LogP contribution in [0.4, 0.5) is 0 Å². The number of para-hydroxylation sites is 1. The summed E-state index contributed by atoms with van der Waals surface area (Å²) in [5, 5.41) is 21.0. The molecular weight excluding hydrogens is 248 g/mol. The Bertz CT molecular complexity index is 759. The van der Waals surface area contributed by atoms with E-state index in [-0.39, 0.29) is 5.56 Å². The van der Waals surface area contributed by atoms with Gasteiger partial charge in [-0.25, -0.2) is 9.48 Å². The number of rotatable bonds is 3. The first kappa shape index (κ1) is 11.4. The van der Waals surface area contributed by atoms with Gasteiger partial charge in [0.15, 0.2) is 0 Å². The molecule has 0 spiro atoms. The fourth-order valence-electron chi connectivity index (χ4n) is 1.96. The van der Waals surface area contributed by atoms with Crippen molar-refractivity contribution >= 4 is 17.0 Å². The Morgan fingerprint density at radius 3 is 3.00 bits per heavy atom. The van der Waals surface area contributed by atoms with Crippen molar-refractivity contribution in [2.45, 2.75) is 13.5 Å². The molecule has 2 heterocycles. The lowest BCUT2D eigenvalue weighted by Crippen LogP contribution is -2.06. The molecule has 0 aliphatic carbocycles. The molecule has 0 aliphatic heterocycles. The zero-order chi connectivity index (χ0) is 13.4. The van der Waals surface area contributed by atoms with Crippen LogP contribution in [0.1, 0.15) is 21.8 Å². The highest BCUT2D eigenvalue weighted by Gasteiger charge is 2.15. The summed E-state index contributed by atoms with van der Waals surface area (Å²) in [6.45, 7) is 2.11. The summed E-state index contributed by atoms with van der Waals surface area (Å²) in [7, 11) is 0.